The highest BCUT2D eigenvalue weighted by atomic mass is 32.1. The first kappa shape index (κ1) is 22.7. The van der Waals surface area contributed by atoms with Crippen LogP contribution in [0.15, 0.2) is 144 Å². The van der Waals surface area contributed by atoms with Gasteiger partial charge in [-0.15, -0.1) is 11.3 Å². The number of fused-ring (bicyclic) bond motifs is 8. The van der Waals surface area contributed by atoms with Gasteiger partial charge in [0, 0.05) is 42.2 Å². The molecule has 0 spiro atoms. The van der Waals surface area contributed by atoms with E-state index in [0.29, 0.717) is 0 Å². The molecule has 0 aliphatic heterocycles. The molecule has 0 saturated heterocycles. The van der Waals surface area contributed by atoms with Gasteiger partial charge in [-0.2, -0.15) is 0 Å². The van der Waals surface area contributed by atoms with Crippen molar-refractivity contribution < 1.29 is 4.42 Å². The standard InChI is InChI=1S/C38H23NOS/c1-2-12-27(13-3-1)39-33-18-6-4-15-30(33)38-36(39)31-17-9-16-28(37(31)40-38)26-11-8-10-24(22-26)25-20-21-35-32(23-25)29-14-5-7-19-34(29)41-35/h1-23H. The Hall–Kier alpha value is -5.12. The Labute approximate surface area is 240 Å². The van der Waals surface area contributed by atoms with Gasteiger partial charge in [0.25, 0.3) is 0 Å². The number of furan rings is 1. The van der Waals surface area contributed by atoms with Crippen molar-refractivity contribution in [2.24, 2.45) is 0 Å². The van der Waals surface area contributed by atoms with Crippen molar-refractivity contribution in [1.82, 2.24) is 4.57 Å². The van der Waals surface area contributed by atoms with Gasteiger partial charge >= 0.3 is 0 Å². The molecule has 3 aromatic heterocycles. The van der Waals surface area contributed by atoms with E-state index in [1.54, 1.807) is 0 Å². The zero-order valence-electron chi connectivity index (χ0n) is 22.0. The number of hydrogen-bond donors (Lipinski definition) is 0. The molecule has 0 aliphatic rings. The van der Waals surface area contributed by atoms with E-state index in [2.05, 4.69) is 144 Å². The van der Waals surface area contributed by atoms with E-state index in [1.807, 2.05) is 11.3 Å². The average Bonchev–Trinajstić information content (AvgIpc) is 3.70. The van der Waals surface area contributed by atoms with Crippen molar-refractivity contribution in [2.45, 2.75) is 0 Å². The molecule has 41 heavy (non-hydrogen) atoms. The second-order valence-corrected chi connectivity index (χ2v) is 11.6. The Morgan fingerprint density at radius 2 is 1.17 bits per heavy atom. The summed E-state index contributed by atoms with van der Waals surface area (Å²) in [7, 11) is 0. The van der Waals surface area contributed by atoms with Crippen LogP contribution in [-0.2, 0) is 0 Å². The minimum absolute atomic E-state index is 0.921. The minimum Gasteiger partial charge on any atom is -0.453 e. The molecule has 0 aliphatic carbocycles. The second-order valence-electron chi connectivity index (χ2n) is 10.5. The van der Waals surface area contributed by atoms with E-state index in [9.17, 15) is 0 Å². The van der Waals surface area contributed by atoms with Crippen molar-refractivity contribution >= 4 is 64.5 Å². The van der Waals surface area contributed by atoms with E-state index in [-0.39, 0.29) is 0 Å². The SMILES string of the molecule is c1ccc(-n2c3ccccc3c3oc4c(-c5cccc(-c6ccc7sc8ccccc8c7c6)c5)cccc4c32)cc1. The lowest BCUT2D eigenvalue weighted by Crippen LogP contribution is -1.92. The Kier molecular flexibility index (Phi) is 4.80. The number of benzene rings is 6. The van der Waals surface area contributed by atoms with Crippen LogP contribution >= 0.6 is 11.3 Å². The average molecular weight is 542 g/mol. The first-order valence-corrected chi connectivity index (χ1v) is 14.7. The van der Waals surface area contributed by atoms with E-state index < -0.39 is 0 Å². The maximum absolute atomic E-state index is 6.77. The topological polar surface area (TPSA) is 18.1 Å². The summed E-state index contributed by atoms with van der Waals surface area (Å²) in [5.74, 6) is 0. The third-order valence-electron chi connectivity index (χ3n) is 8.20. The third kappa shape index (κ3) is 3.36. The molecular formula is C38H23NOS. The molecule has 0 fully saturated rings. The summed E-state index contributed by atoms with van der Waals surface area (Å²) in [4.78, 5) is 0. The van der Waals surface area contributed by atoms with E-state index >= 15 is 0 Å². The summed E-state index contributed by atoms with van der Waals surface area (Å²) in [5.41, 5.74) is 9.92. The molecule has 0 saturated carbocycles. The van der Waals surface area contributed by atoms with Crippen LogP contribution in [-0.4, -0.2) is 4.57 Å². The van der Waals surface area contributed by atoms with Crippen LogP contribution in [0.1, 0.15) is 0 Å². The fourth-order valence-electron chi connectivity index (χ4n) is 6.34. The van der Waals surface area contributed by atoms with E-state index in [0.717, 1.165) is 49.8 Å². The molecule has 0 amide bonds. The number of nitrogens with zero attached hydrogens (tertiary/aromatic N) is 1. The van der Waals surface area contributed by atoms with Crippen molar-refractivity contribution in [2.75, 3.05) is 0 Å². The smallest absolute Gasteiger partial charge is 0.161 e. The molecule has 9 rings (SSSR count). The normalized spacial score (nSPS) is 11.9. The molecule has 6 aromatic carbocycles. The van der Waals surface area contributed by atoms with Crippen LogP contribution in [0.3, 0.4) is 0 Å². The summed E-state index contributed by atoms with van der Waals surface area (Å²) in [5, 5.41) is 4.88. The fraction of sp³-hybridized carbons (Fsp3) is 0. The molecule has 192 valence electrons. The Morgan fingerprint density at radius 3 is 2.10 bits per heavy atom. The molecule has 2 nitrogen and oxygen atoms in total. The highest BCUT2D eigenvalue weighted by Crippen LogP contribution is 2.43. The quantitative estimate of drug-likeness (QED) is 0.217. The van der Waals surface area contributed by atoms with Crippen LogP contribution in [0.25, 0.3) is 81.1 Å². The molecule has 9 aromatic rings. The Bertz CT molecular complexity index is 2420. The maximum atomic E-state index is 6.77. The first-order valence-electron chi connectivity index (χ1n) is 13.9. The largest absolute Gasteiger partial charge is 0.453 e. The maximum Gasteiger partial charge on any atom is 0.161 e. The van der Waals surface area contributed by atoms with Gasteiger partial charge in [-0.1, -0.05) is 84.9 Å². The van der Waals surface area contributed by atoms with Crippen LogP contribution in [0.2, 0.25) is 0 Å². The minimum atomic E-state index is 0.921. The summed E-state index contributed by atoms with van der Waals surface area (Å²) in [6.45, 7) is 0. The summed E-state index contributed by atoms with van der Waals surface area (Å²) in [6.07, 6.45) is 0. The Morgan fingerprint density at radius 1 is 0.463 bits per heavy atom. The van der Waals surface area contributed by atoms with Gasteiger partial charge in [0.2, 0.25) is 0 Å². The molecule has 0 unspecified atom stereocenters. The molecule has 3 heteroatoms. The van der Waals surface area contributed by atoms with Crippen LogP contribution in [0, 0.1) is 0 Å². The predicted octanol–water partition coefficient (Wildman–Crippen LogP) is 11.2. The van der Waals surface area contributed by atoms with Crippen molar-refractivity contribution in [3.63, 3.8) is 0 Å². The second kappa shape index (κ2) is 8.69. The highest BCUT2D eigenvalue weighted by molar-refractivity contribution is 7.25. The van der Waals surface area contributed by atoms with Gasteiger partial charge < -0.3 is 8.98 Å². The monoisotopic (exact) mass is 541 g/mol. The lowest BCUT2D eigenvalue weighted by atomic mass is 9.97. The summed E-state index contributed by atoms with van der Waals surface area (Å²) in [6, 6.07) is 49.9. The van der Waals surface area contributed by atoms with Gasteiger partial charge in [0.15, 0.2) is 5.58 Å². The molecule has 0 bridgehead atoms. The highest BCUT2D eigenvalue weighted by Gasteiger charge is 2.21. The lowest BCUT2D eigenvalue weighted by molar-refractivity contribution is 0.674. The molecular weight excluding hydrogens is 518 g/mol. The van der Waals surface area contributed by atoms with E-state index in [1.165, 1.54) is 31.3 Å². The number of hydrogen-bond acceptors (Lipinski definition) is 2. The molecule has 0 radical (unpaired) electrons. The molecule has 0 atom stereocenters. The number of para-hydroxylation sites is 3. The molecule has 0 N–H and O–H groups in total. The first-order chi connectivity index (χ1) is 20.3. The van der Waals surface area contributed by atoms with E-state index in [4.69, 9.17) is 4.42 Å². The molecule has 3 heterocycles. The van der Waals surface area contributed by atoms with Crippen LogP contribution in [0.4, 0.5) is 0 Å². The van der Waals surface area contributed by atoms with Crippen LogP contribution < -0.4 is 0 Å². The van der Waals surface area contributed by atoms with Gasteiger partial charge in [-0.05, 0) is 71.3 Å². The van der Waals surface area contributed by atoms with Crippen molar-refractivity contribution in [1.29, 1.82) is 0 Å². The number of aromatic nitrogens is 1. The van der Waals surface area contributed by atoms with Gasteiger partial charge in [0.1, 0.15) is 11.1 Å². The van der Waals surface area contributed by atoms with Crippen molar-refractivity contribution in [3.8, 4) is 27.9 Å². The predicted molar refractivity (Wildman–Crippen MR) is 174 cm³/mol. The fourth-order valence-corrected chi connectivity index (χ4v) is 7.42. The van der Waals surface area contributed by atoms with Gasteiger partial charge in [0.05, 0.1) is 5.52 Å². The van der Waals surface area contributed by atoms with Crippen LogP contribution in [0.5, 0.6) is 0 Å². The summed E-state index contributed by atoms with van der Waals surface area (Å²) >= 11 is 1.86. The Balaban J connectivity index is 1.25. The zero-order valence-corrected chi connectivity index (χ0v) is 22.9. The van der Waals surface area contributed by atoms with Gasteiger partial charge in [-0.25, -0.2) is 0 Å². The number of thiophene rings is 1. The van der Waals surface area contributed by atoms with Crippen molar-refractivity contribution in [3.05, 3.63) is 140 Å². The number of rotatable bonds is 3. The summed E-state index contributed by atoms with van der Waals surface area (Å²) < 4.78 is 11.8. The lowest BCUT2D eigenvalue weighted by Gasteiger charge is -2.09. The van der Waals surface area contributed by atoms with Gasteiger partial charge in [-0.3, -0.25) is 0 Å². The zero-order chi connectivity index (χ0) is 26.9. The third-order valence-corrected chi connectivity index (χ3v) is 9.35.